The number of nitrogens with one attached hydrogen (secondary N) is 1. The molecule has 11 heteroatoms. The maximum absolute atomic E-state index is 13.5. The summed E-state index contributed by atoms with van der Waals surface area (Å²) < 4.78 is 45.3. The molecule has 2 heterocycles. The molecule has 1 aliphatic rings. The number of methoxy groups -OCH3 is 1. The van der Waals surface area contributed by atoms with E-state index >= 15 is 0 Å². The van der Waals surface area contributed by atoms with Crippen LogP contribution in [-0.4, -0.2) is 62.7 Å². The highest BCUT2D eigenvalue weighted by atomic mass is 32.1. The summed E-state index contributed by atoms with van der Waals surface area (Å²) in [6.45, 7) is 0.893. The van der Waals surface area contributed by atoms with Crippen LogP contribution in [0.25, 0.3) is 0 Å². The molecule has 0 bridgehead atoms. The van der Waals surface area contributed by atoms with Crippen LogP contribution < -0.4 is 10.2 Å². The SMILES string of the molecule is COCCNC(=O)C1CN(C(=O)c2cccs2)CCN1c1ccc(C#N)c(C(F)(F)F)c1. The number of ether oxygens (including phenoxy) is 1. The summed E-state index contributed by atoms with van der Waals surface area (Å²) >= 11 is 1.28. The van der Waals surface area contributed by atoms with Crippen LogP contribution >= 0.6 is 11.3 Å². The Morgan fingerprint density at radius 1 is 1.31 bits per heavy atom. The standard InChI is InChI=1S/C21H21F3N4O3S/c1-31-9-6-26-19(29)17-13-27(20(30)18-3-2-10-32-18)7-8-28(17)15-5-4-14(12-25)16(11-15)21(22,23)24/h2-5,10-11,17H,6-9,13H2,1H3,(H,26,29). The smallest absolute Gasteiger partial charge is 0.383 e. The first kappa shape index (κ1) is 23.6. The van der Waals surface area contributed by atoms with Gasteiger partial charge in [-0.3, -0.25) is 9.59 Å². The molecule has 1 aromatic carbocycles. The van der Waals surface area contributed by atoms with Gasteiger partial charge in [0, 0.05) is 32.4 Å². The Hall–Kier alpha value is -3.10. The van der Waals surface area contributed by atoms with Crippen molar-refractivity contribution in [3.8, 4) is 6.07 Å². The van der Waals surface area contributed by atoms with Crippen molar-refractivity contribution in [3.63, 3.8) is 0 Å². The molecule has 1 atom stereocenters. The number of rotatable bonds is 6. The lowest BCUT2D eigenvalue weighted by atomic mass is 10.0. The number of halogens is 3. The number of carbonyl (C=O) groups excluding carboxylic acids is 2. The van der Waals surface area contributed by atoms with Crippen LogP contribution in [0.15, 0.2) is 35.7 Å². The molecule has 7 nitrogen and oxygen atoms in total. The van der Waals surface area contributed by atoms with Gasteiger partial charge in [-0.1, -0.05) is 6.07 Å². The molecule has 3 rings (SSSR count). The van der Waals surface area contributed by atoms with Gasteiger partial charge in [0.2, 0.25) is 5.91 Å². The molecule has 2 amide bonds. The zero-order valence-corrected chi connectivity index (χ0v) is 18.0. The summed E-state index contributed by atoms with van der Waals surface area (Å²) in [5.41, 5.74) is -1.39. The molecule has 0 radical (unpaired) electrons. The van der Waals surface area contributed by atoms with Crippen molar-refractivity contribution in [2.45, 2.75) is 12.2 Å². The molecule has 1 N–H and O–H groups in total. The Labute approximate surface area is 187 Å². The zero-order valence-electron chi connectivity index (χ0n) is 17.2. The molecule has 1 unspecified atom stereocenters. The monoisotopic (exact) mass is 466 g/mol. The molecular weight excluding hydrogens is 445 g/mol. The third-order valence-corrected chi connectivity index (χ3v) is 5.93. The number of alkyl halides is 3. The minimum atomic E-state index is -4.71. The van der Waals surface area contributed by atoms with Gasteiger partial charge in [-0.05, 0) is 29.6 Å². The first-order valence-corrected chi connectivity index (χ1v) is 10.6. The Balaban J connectivity index is 1.91. The number of nitriles is 1. The lowest BCUT2D eigenvalue weighted by Crippen LogP contribution is -2.60. The molecule has 170 valence electrons. The van der Waals surface area contributed by atoms with Crippen LogP contribution in [0.3, 0.4) is 0 Å². The maximum atomic E-state index is 13.5. The Morgan fingerprint density at radius 3 is 2.72 bits per heavy atom. The summed E-state index contributed by atoms with van der Waals surface area (Å²) in [4.78, 5) is 29.3. The average molecular weight is 466 g/mol. The number of hydrogen-bond acceptors (Lipinski definition) is 6. The number of amides is 2. The van der Waals surface area contributed by atoms with Crippen molar-refractivity contribution in [2.75, 3.05) is 44.8 Å². The normalized spacial score (nSPS) is 16.5. The van der Waals surface area contributed by atoms with Gasteiger partial charge in [0.05, 0.1) is 35.2 Å². The Morgan fingerprint density at radius 2 is 2.09 bits per heavy atom. The van der Waals surface area contributed by atoms with Crippen molar-refractivity contribution >= 4 is 28.8 Å². The number of benzene rings is 1. The predicted octanol–water partition coefficient (Wildman–Crippen LogP) is 2.73. The van der Waals surface area contributed by atoms with Crippen LogP contribution in [0.1, 0.15) is 20.8 Å². The molecule has 1 aromatic heterocycles. The van der Waals surface area contributed by atoms with Crippen molar-refractivity contribution in [2.24, 2.45) is 0 Å². The fourth-order valence-electron chi connectivity index (χ4n) is 3.49. The van der Waals surface area contributed by atoms with E-state index < -0.39 is 29.3 Å². The van der Waals surface area contributed by atoms with Crippen LogP contribution in [-0.2, 0) is 15.7 Å². The van der Waals surface area contributed by atoms with Gasteiger partial charge in [-0.15, -0.1) is 11.3 Å². The number of carbonyl (C=O) groups is 2. The van der Waals surface area contributed by atoms with Gasteiger partial charge in [-0.25, -0.2) is 0 Å². The lowest BCUT2D eigenvalue weighted by Gasteiger charge is -2.42. The third-order valence-electron chi connectivity index (χ3n) is 5.07. The summed E-state index contributed by atoms with van der Waals surface area (Å²) in [6.07, 6.45) is -4.71. The van der Waals surface area contributed by atoms with E-state index in [2.05, 4.69) is 5.32 Å². The third kappa shape index (κ3) is 5.20. The average Bonchev–Trinajstić information content (AvgIpc) is 3.32. The number of anilines is 1. The van der Waals surface area contributed by atoms with E-state index in [1.807, 2.05) is 0 Å². The van der Waals surface area contributed by atoms with E-state index in [0.29, 0.717) is 4.88 Å². The largest absolute Gasteiger partial charge is 0.417 e. The van der Waals surface area contributed by atoms with E-state index in [1.54, 1.807) is 23.6 Å². The van der Waals surface area contributed by atoms with Gasteiger partial charge < -0.3 is 19.9 Å². The van der Waals surface area contributed by atoms with Gasteiger partial charge in [-0.2, -0.15) is 18.4 Å². The first-order chi connectivity index (χ1) is 15.3. The molecule has 2 aromatic rings. The summed E-state index contributed by atoms with van der Waals surface area (Å²) in [7, 11) is 1.48. The van der Waals surface area contributed by atoms with Gasteiger partial charge in [0.1, 0.15) is 6.04 Å². The number of thiophene rings is 1. The number of hydrogen-bond donors (Lipinski definition) is 1. The summed E-state index contributed by atoms with van der Waals surface area (Å²) in [5, 5.41) is 13.5. The highest BCUT2D eigenvalue weighted by Gasteiger charge is 2.38. The second-order valence-corrected chi connectivity index (χ2v) is 8.01. The van der Waals surface area contributed by atoms with Crippen molar-refractivity contribution < 1.29 is 27.5 Å². The van der Waals surface area contributed by atoms with E-state index in [1.165, 1.54) is 34.3 Å². The topological polar surface area (TPSA) is 85.7 Å². The minimum absolute atomic E-state index is 0.0108. The van der Waals surface area contributed by atoms with Gasteiger partial charge in [0.25, 0.3) is 5.91 Å². The van der Waals surface area contributed by atoms with E-state index in [-0.39, 0.29) is 44.4 Å². The molecular formula is C21H21F3N4O3S. The zero-order chi connectivity index (χ0) is 23.3. The van der Waals surface area contributed by atoms with Gasteiger partial charge in [0.15, 0.2) is 0 Å². The van der Waals surface area contributed by atoms with Crippen LogP contribution in [0.2, 0.25) is 0 Å². The van der Waals surface area contributed by atoms with Crippen LogP contribution in [0.4, 0.5) is 18.9 Å². The first-order valence-electron chi connectivity index (χ1n) is 9.73. The Bertz CT molecular complexity index is 1000. The fraction of sp³-hybridized carbons (Fsp3) is 0.381. The number of nitrogens with zero attached hydrogens (tertiary/aromatic N) is 3. The van der Waals surface area contributed by atoms with E-state index in [9.17, 15) is 22.8 Å². The van der Waals surface area contributed by atoms with Gasteiger partial charge >= 0.3 is 6.18 Å². The van der Waals surface area contributed by atoms with Crippen molar-refractivity contribution in [1.29, 1.82) is 5.26 Å². The highest BCUT2D eigenvalue weighted by molar-refractivity contribution is 7.12. The second-order valence-electron chi connectivity index (χ2n) is 7.06. The molecule has 32 heavy (non-hydrogen) atoms. The minimum Gasteiger partial charge on any atom is -0.383 e. The molecule has 0 aliphatic carbocycles. The van der Waals surface area contributed by atoms with Crippen LogP contribution in [0, 0.1) is 11.3 Å². The fourth-order valence-corrected chi connectivity index (χ4v) is 4.18. The van der Waals surface area contributed by atoms with Crippen LogP contribution in [0.5, 0.6) is 0 Å². The van der Waals surface area contributed by atoms with E-state index in [4.69, 9.17) is 10.00 Å². The van der Waals surface area contributed by atoms with E-state index in [0.717, 1.165) is 12.1 Å². The molecule has 0 saturated carbocycles. The number of piperazine rings is 1. The molecule has 1 aliphatic heterocycles. The van der Waals surface area contributed by atoms with Crippen molar-refractivity contribution in [3.05, 3.63) is 51.7 Å². The molecule has 0 spiro atoms. The predicted molar refractivity (Wildman–Crippen MR) is 112 cm³/mol. The maximum Gasteiger partial charge on any atom is 0.417 e. The quantitative estimate of drug-likeness (QED) is 0.662. The summed E-state index contributed by atoms with van der Waals surface area (Å²) in [6, 6.07) is 7.45. The molecule has 1 saturated heterocycles. The van der Waals surface area contributed by atoms with Crippen molar-refractivity contribution in [1.82, 2.24) is 10.2 Å². The summed E-state index contributed by atoms with van der Waals surface area (Å²) in [5.74, 6) is -0.659. The Kier molecular flexibility index (Phi) is 7.37. The molecule has 1 fully saturated rings. The lowest BCUT2D eigenvalue weighted by molar-refractivity contribution is -0.137. The highest BCUT2D eigenvalue weighted by Crippen LogP contribution is 2.35. The second kappa shape index (κ2) is 10.0.